The number of hydrogen-bond acceptors (Lipinski definition) is 5. The largest absolute Gasteiger partial charge is 0.389 e. The molecule has 0 aliphatic carbocycles. The minimum atomic E-state index is -0.423. The molecule has 0 aromatic heterocycles. The first-order valence-corrected chi connectivity index (χ1v) is 7.50. The maximum absolute atomic E-state index is 9.98. The summed E-state index contributed by atoms with van der Waals surface area (Å²) in [5.41, 5.74) is 0. The monoisotopic (exact) mass is 273 g/mol. The summed E-state index contributed by atoms with van der Waals surface area (Å²) in [5.74, 6) is -0.402. The lowest BCUT2D eigenvalue weighted by atomic mass is 10.0. The zero-order valence-electron chi connectivity index (χ0n) is 12.0. The summed E-state index contributed by atoms with van der Waals surface area (Å²) in [6.07, 6.45) is 3.78. The zero-order valence-corrected chi connectivity index (χ0v) is 12.0. The standard InChI is InChI=1S/C14H27NO4/c1-2-3-7-17-11-13(16)10-15-6-4-5-14(12-15)18-8-9-19-14/h13,16H,2-12H2,1H3. The molecule has 0 bridgehead atoms. The van der Waals surface area contributed by atoms with Crippen LogP contribution >= 0.6 is 0 Å². The number of unbranched alkanes of at least 4 members (excludes halogenated alkanes) is 1. The predicted molar refractivity (Wildman–Crippen MR) is 72.0 cm³/mol. The summed E-state index contributed by atoms with van der Waals surface area (Å²) in [5, 5.41) is 9.98. The SMILES string of the molecule is CCCCOCC(O)CN1CCCC2(C1)OCCO2. The summed E-state index contributed by atoms with van der Waals surface area (Å²) >= 11 is 0. The Balaban J connectivity index is 1.67. The minimum Gasteiger partial charge on any atom is -0.389 e. The number of piperidine rings is 1. The Labute approximate surface area is 115 Å². The van der Waals surface area contributed by atoms with Crippen LogP contribution in [0.15, 0.2) is 0 Å². The van der Waals surface area contributed by atoms with Crippen LogP contribution in [-0.4, -0.2) is 68.0 Å². The zero-order chi connectivity index (χ0) is 13.6. The van der Waals surface area contributed by atoms with Gasteiger partial charge in [-0.25, -0.2) is 0 Å². The van der Waals surface area contributed by atoms with E-state index in [1.807, 2.05) is 0 Å². The van der Waals surface area contributed by atoms with Crippen molar-refractivity contribution in [1.82, 2.24) is 4.90 Å². The normalized spacial score (nSPS) is 24.9. The van der Waals surface area contributed by atoms with Gasteiger partial charge < -0.3 is 19.3 Å². The molecule has 5 nitrogen and oxygen atoms in total. The van der Waals surface area contributed by atoms with Crippen LogP contribution in [0.1, 0.15) is 32.6 Å². The van der Waals surface area contributed by atoms with Gasteiger partial charge in [-0.1, -0.05) is 13.3 Å². The highest BCUT2D eigenvalue weighted by atomic mass is 16.7. The van der Waals surface area contributed by atoms with Gasteiger partial charge in [-0.2, -0.15) is 0 Å². The molecule has 0 amide bonds. The molecule has 2 rings (SSSR count). The first-order valence-electron chi connectivity index (χ1n) is 7.50. The highest BCUT2D eigenvalue weighted by Gasteiger charge is 2.40. The van der Waals surface area contributed by atoms with Crippen LogP contribution < -0.4 is 0 Å². The first-order chi connectivity index (χ1) is 9.24. The molecular formula is C14H27NO4. The van der Waals surface area contributed by atoms with Gasteiger partial charge in [-0.05, 0) is 19.4 Å². The number of likely N-dealkylation sites (tertiary alicyclic amines) is 1. The number of rotatable bonds is 7. The van der Waals surface area contributed by atoms with E-state index in [0.717, 1.165) is 45.4 Å². The van der Waals surface area contributed by atoms with Gasteiger partial charge in [0, 0.05) is 19.6 Å². The van der Waals surface area contributed by atoms with Crippen molar-refractivity contribution in [2.45, 2.75) is 44.5 Å². The van der Waals surface area contributed by atoms with Crippen LogP contribution in [0.2, 0.25) is 0 Å². The number of aliphatic hydroxyl groups is 1. The maximum atomic E-state index is 9.98. The van der Waals surface area contributed by atoms with Gasteiger partial charge in [-0.15, -0.1) is 0 Å². The van der Waals surface area contributed by atoms with Crippen molar-refractivity contribution in [3.63, 3.8) is 0 Å². The summed E-state index contributed by atoms with van der Waals surface area (Å²) in [4.78, 5) is 2.22. The number of aliphatic hydroxyl groups excluding tert-OH is 1. The summed E-state index contributed by atoms with van der Waals surface area (Å²) in [6.45, 7) is 7.08. The van der Waals surface area contributed by atoms with E-state index in [-0.39, 0.29) is 0 Å². The van der Waals surface area contributed by atoms with E-state index in [1.54, 1.807) is 0 Å². The second-order valence-corrected chi connectivity index (χ2v) is 5.53. The fraction of sp³-hybridized carbons (Fsp3) is 1.00. The van der Waals surface area contributed by atoms with Gasteiger partial charge in [0.1, 0.15) is 0 Å². The van der Waals surface area contributed by atoms with Gasteiger partial charge in [0.2, 0.25) is 0 Å². The topological polar surface area (TPSA) is 51.2 Å². The average Bonchev–Trinajstić information content (AvgIpc) is 2.83. The molecule has 1 spiro atoms. The Morgan fingerprint density at radius 1 is 1.37 bits per heavy atom. The van der Waals surface area contributed by atoms with Gasteiger partial charge in [0.25, 0.3) is 0 Å². The summed E-state index contributed by atoms with van der Waals surface area (Å²) in [7, 11) is 0. The summed E-state index contributed by atoms with van der Waals surface area (Å²) in [6, 6.07) is 0. The molecule has 2 aliphatic heterocycles. The van der Waals surface area contributed by atoms with Gasteiger partial charge in [-0.3, -0.25) is 4.90 Å². The van der Waals surface area contributed by atoms with Crippen molar-refractivity contribution in [1.29, 1.82) is 0 Å². The van der Waals surface area contributed by atoms with Crippen molar-refractivity contribution in [2.75, 3.05) is 46.1 Å². The molecule has 0 saturated carbocycles. The fourth-order valence-corrected chi connectivity index (χ4v) is 2.78. The van der Waals surface area contributed by atoms with E-state index in [9.17, 15) is 5.11 Å². The second kappa shape index (κ2) is 7.55. The molecule has 0 aromatic rings. The first kappa shape index (κ1) is 15.2. The fourth-order valence-electron chi connectivity index (χ4n) is 2.78. The van der Waals surface area contributed by atoms with Crippen LogP contribution in [0.5, 0.6) is 0 Å². The maximum Gasteiger partial charge on any atom is 0.181 e. The van der Waals surface area contributed by atoms with Crippen molar-refractivity contribution in [3.05, 3.63) is 0 Å². The molecule has 1 N–H and O–H groups in total. The quantitative estimate of drug-likeness (QED) is 0.701. The van der Waals surface area contributed by atoms with Gasteiger partial charge in [0.05, 0.1) is 32.5 Å². The van der Waals surface area contributed by atoms with E-state index in [1.165, 1.54) is 0 Å². The van der Waals surface area contributed by atoms with Crippen molar-refractivity contribution >= 4 is 0 Å². The molecule has 2 heterocycles. The second-order valence-electron chi connectivity index (χ2n) is 5.53. The van der Waals surface area contributed by atoms with Crippen molar-refractivity contribution in [2.24, 2.45) is 0 Å². The Hall–Kier alpha value is -0.200. The van der Waals surface area contributed by atoms with Gasteiger partial charge in [0.15, 0.2) is 5.79 Å². The van der Waals surface area contributed by atoms with Crippen LogP contribution in [0.4, 0.5) is 0 Å². The molecule has 1 atom stereocenters. The third-order valence-electron chi connectivity index (χ3n) is 3.73. The molecule has 0 radical (unpaired) electrons. The molecule has 1 unspecified atom stereocenters. The minimum absolute atomic E-state index is 0.402. The van der Waals surface area contributed by atoms with Crippen LogP contribution in [0, 0.1) is 0 Å². The number of ether oxygens (including phenoxy) is 3. The third-order valence-corrected chi connectivity index (χ3v) is 3.73. The molecule has 112 valence electrons. The van der Waals surface area contributed by atoms with Gasteiger partial charge >= 0.3 is 0 Å². The molecule has 2 aliphatic rings. The van der Waals surface area contributed by atoms with Crippen molar-refractivity contribution in [3.8, 4) is 0 Å². The lowest BCUT2D eigenvalue weighted by molar-refractivity contribution is -0.191. The van der Waals surface area contributed by atoms with E-state index in [2.05, 4.69) is 11.8 Å². The Kier molecular flexibility index (Phi) is 6.04. The Bertz CT molecular complexity index is 256. The highest BCUT2D eigenvalue weighted by Crippen LogP contribution is 2.29. The molecule has 19 heavy (non-hydrogen) atoms. The Morgan fingerprint density at radius 3 is 2.89 bits per heavy atom. The van der Waals surface area contributed by atoms with E-state index < -0.39 is 11.9 Å². The van der Waals surface area contributed by atoms with E-state index >= 15 is 0 Å². The smallest absolute Gasteiger partial charge is 0.181 e. The van der Waals surface area contributed by atoms with E-state index in [4.69, 9.17) is 14.2 Å². The number of β-amino-alcohol motifs (C(OH)–C–C–N with tert-alkyl or cyclic N) is 1. The number of nitrogens with zero attached hydrogens (tertiary/aromatic N) is 1. The summed E-state index contributed by atoms with van der Waals surface area (Å²) < 4.78 is 16.9. The third kappa shape index (κ3) is 4.68. The molecule has 0 aromatic carbocycles. The van der Waals surface area contributed by atoms with Crippen LogP contribution in [0.25, 0.3) is 0 Å². The highest BCUT2D eigenvalue weighted by molar-refractivity contribution is 4.84. The number of hydrogen-bond donors (Lipinski definition) is 1. The Morgan fingerprint density at radius 2 is 2.16 bits per heavy atom. The van der Waals surface area contributed by atoms with E-state index in [0.29, 0.717) is 26.4 Å². The molecular weight excluding hydrogens is 246 g/mol. The average molecular weight is 273 g/mol. The molecule has 2 saturated heterocycles. The predicted octanol–water partition coefficient (Wildman–Crippen LogP) is 1.00. The molecule has 2 fully saturated rings. The lowest BCUT2D eigenvalue weighted by Crippen LogP contribution is -2.51. The van der Waals surface area contributed by atoms with Crippen molar-refractivity contribution < 1.29 is 19.3 Å². The van der Waals surface area contributed by atoms with Crippen LogP contribution in [-0.2, 0) is 14.2 Å². The van der Waals surface area contributed by atoms with Crippen LogP contribution in [0.3, 0.4) is 0 Å². The molecule has 5 heteroatoms. The lowest BCUT2D eigenvalue weighted by Gasteiger charge is -2.39.